The monoisotopic (exact) mass is 212 g/mol. The zero-order chi connectivity index (χ0) is 11.2. The van der Waals surface area contributed by atoms with Crippen LogP contribution in [0.3, 0.4) is 0 Å². The van der Waals surface area contributed by atoms with Gasteiger partial charge in [0.1, 0.15) is 11.6 Å². The molecule has 0 aromatic carbocycles. The summed E-state index contributed by atoms with van der Waals surface area (Å²) in [5, 5.41) is 0. The van der Waals surface area contributed by atoms with Crippen molar-refractivity contribution >= 4 is 0 Å². The summed E-state index contributed by atoms with van der Waals surface area (Å²) < 4.78 is 26.9. The van der Waals surface area contributed by atoms with E-state index in [4.69, 9.17) is 5.73 Å². The summed E-state index contributed by atoms with van der Waals surface area (Å²) in [6.07, 6.45) is 2.11. The van der Waals surface area contributed by atoms with Gasteiger partial charge in [-0.25, -0.2) is 8.78 Å². The molecule has 1 saturated carbocycles. The molecule has 1 aromatic rings. The summed E-state index contributed by atoms with van der Waals surface area (Å²) in [6, 6.07) is 0. The fraction of sp³-hybridized carbons (Fsp3) is 0.545. The van der Waals surface area contributed by atoms with E-state index in [9.17, 15) is 8.78 Å². The second-order valence-corrected chi connectivity index (χ2v) is 4.66. The SMILES string of the molecule is CC1(C)[C@H](CN)[C@H]1c1c(F)cncc1F. The summed E-state index contributed by atoms with van der Waals surface area (Å²) in [7, 11) is 0. The first kappa shape index (κ1) is 10.5. The van der Waals surface area contributed by atoms with Gasteiger partial charge in [0, 0.05) is 5.56 Å². The zero-order valence-corrected chi connectivity index (χ0v) is 8.80. The lowest BCUT2D eigenvalue weighted by Gasteiger charge is -2.05. The van der Waals surface area contributed by atoms with E-state index in [1.165, 1.54) is 0 Å². The number of hydrogen-bond acceptors (Lipinski definition) is 2. The summed E-state index contributed by atoms with van der Waals surface area (Å²) in [4.78, 5) is 3.47. The average Bonchev–Trinajstić information content (AvgIpc) is 2.68. The van der Waals surface area contributed by atoms with E-state index in [0.717, 1.165) is 12.4 Å². The van der Waals surface area contributed by atoms with E-state index < -0.39 is 11.6 Å². The Kier molecular flexibility index (Phi) is 2.26. The molecule has 1 heterocycles. The lowest BCUT2D eigenvalue weighted by molar-refractivity contribution is 0.521. The van der Waals surface area contributed by atoms with Crippen LogP contribution in [0.1, 0.15) is 25.3 Å². The molecule has 0 aliphatic heterocycles. The molecule has 1 aromatic heterocycles. The Balaban J connectivity index is 2.41. The second kappa shape index (κ2) is 3.23. The molecule has 0 amide bonds. The first-order chi connectivity index (χ1) is 7.00. The Hall–Kier alpha value is -1.03. The third kappa shape index (κ3) is 1.44. The van der Waals surface area contributed by atoms with Crippen molar-refractivity contribution in [2.45, 2.75) is 19.8 Å². The van der Waals surface area contributed by atoms with Crippen molar-refractivity contribution in [2.75, 3.05) is 6.54 Å². The van der Waals surface area contributed by atoms with Gasteiger partial charge >= 0.3 is 0 Å². The van der Waals surface area contributed by atoms with Gasteiger partial charge in [-0.15, -0.1) is 0 Å². The third-order valence-electron chi connectivity index (χ3n) is 3.51. The van der Waals surface area contributed by atoms with Crippen LogP contribution < -0.4 is 5.73 Å². The molecule has 82 valence electrons. The Morgan fingerprint density at radius 3 is 2.27 bits per heavy atom. The van der Waals surface area contributed by atoms with Gasteiger partial charge in [0.25, 0.3) is 0 Å². The molecule has 1 fully saturated rings. The molecule has 0 bridgehead atoms. The van der Waals surface area contributed by atoms with Crippen molar-refractivity contribution in [1.82, 2.24) is 4.98 Å². The fourth-order valence-electron chi connectivity index (χ4n) is 2.48. The van der Waals surface area contributed by atoms with Crippen LogP contribution in [0.25, 0.3) is 0 Å². The van der Waals surface area contributed by atoms with Crippen LogP contribution in [-0.2, 0) is 0 Å². The predicted octanol–water partition coefficient (Wildman–Crippen LogP) is 2.06. The fourth-order valence-corrected chi connectivity index (χ4v) is 2.48. The minimum atomic E-state index is -0.566. The summed E-state index contributed by atoms with van der Waals surface area (Å²) in [5.74, 6) is -1.09. The molecule has 0 radical (unpaired) electrons. The van der Waals surface area contributed by atoms with Gasteiger partial charge in [0.15, 0.2) is 0 Å². The van der Waals surface area contributed by atoms with Gasteiger partial charge in [-0.3, -0.25) is 4.98 Å². The summed E-state index contributed by atoms with van der Waals surface area (Å²) in [6.45, 7) is 4.42. The smallest absolute Gasteiger partial charge is 0.147 e. The number of aromatic nitrogens is 1. The molecule has 2 N–H and O–H groups in total. The number of nitrogens with zero attached hydrogens (tertiary/aromatic N) is 1. The molecule has 4 heteroatoms. The molecular formula is C11H14F2N2. The van der Waals surface area contributed by atoms with Gasteiger partial charge in [0.2, 0.25) is 0 Å². The zero-order valence-electron chi connectivity index (χ0n) is 8.80. The summed E-state index contributed by atoms with van der Waals surface area (Å²) in [5.41, 5.74) is 5.61. The first-order valence-corrected chi connectivity index (χ1v) is 4.99. The van der Waals surface area contributed by atoms with E-state index in [1.54, 1.807) is 0 Å². The molecule has 2 rings (SSSR count). The highest BCUT2D eigenvalue weighted by molar-refractivity contribution is 5.32. The maximum atomic E-state index is 13.5. The van der Waals surface area contributed by atoms with Crippen LogP contribution >= 0.6 is 0 Å². The molecule has 1 aliphatic carbocycles. The molecule has 0 unspecified atom stereocenters. The minimum Gasteiger partial charge on any atom is -0.330 e. The van der Waals surface area contributed by atoms with E-state index in [-0.39, 0.29) is 22.8 Å². The number of pyridine rings is 1. The van der Waals surface area contributed by atoms with E-state index in [0.29, 0.717) is 6.54 Å². The Bertz CT molecular complexity index is 370. The van der Waals surface area contributed by atoms with E-state index in [2.05, 4.69) is 4.98 Å². The Labute approximate surface area is 87.5 Å². The molecule has 1 aliphatic rings. The van der Waals surface area contributed by atoms with Crippen LogP contribution in [-0.4, -0.2) is 11.5 Å². The van der Waals surface area contributed by atoms with Gasteiger partial charge in [-0.1, -0.05) is 13.8 Å². The number of halogens is 2. The molecular weight excluding hydrogens is 198 g/mol. The number of hydrogen-bond donors (Lipinski definition) is 1. The minimum absolute atomic E-state index is 0.113. The van der Waals surface area contributed by atoms with Crippen LogP contribution in [0, 0.1) is 23.0 Å². The van der Waals surface area contributed by atoms with Gasteiger partial charge in [-0.05, 0) is 23.8 Å². The van der Waals surface area contributed by atoms with Gasteiger partial charge in [0.05, 0.1) is 12.4 Å². The van der Waals surface area contributed by atoms with Gasteiger partial charge in [-0.2, -0.15) is 0 Å². The van der Waals surface area contributed by atoms with Crippen molar-refractivity contribution in [2.24, 2.45) is 17.1 Å². The maximum Gasteiger partial charge on any atom is 0.147 e. The number of nitrogens with two attached hydrogens (primary N) is 1. The lowest BCUT2D eigenvalue weighted by atomic mass is 10.0. The standard InChI is InChI=1S/C11H14F2N2/c1-11(2)6(3-14)10(11)9-7(12)4-15-5-8(9)13/h4-6,10H,3,14H2,1-2H3/t6-,10+/m1/s1. The van der Waals surface area contributed by atoms with E-state index in [1.807, 2.05) is 13.8 Å². The largest absolute Gasteiger partial charge is 0.330 e. The predicted molar refractivity (Wildman–Crippen MR) is 53.2 cm³/mol. The number of rotatable bonds is 2. The normalized spacial score (nSPS) is 27.8. The molecule has 15 heavy (non-hydrogen) atoms. The van der Waals surface area contributed by atoms with Crippen molar-refractivity contribution in [3.05, 3.63) is 29.6 Å². The highest BCUT2D eigenvalue weighted by Crippen LogP contribution is 2.64. The molecule has 2 atom stereocenters. The lowest BCUT2D eigenvalue weighted by Crippen LogP contribution is -2.05. The first-order valence-electron chi connectivity index (χ1n) is 4.99. The highest BCUT2D eigenvalue weighted by Gasteiger charge is 2.59. The quantitative estimate of drug-likeness (QED) is 0.815. The van der Waals surface area contributed by atoms with Gasteiger partial charge < -0.3 is 5.73 Å². The van der Waals surface area contributed by atoms with E-state index >= 15 is 0 Å². The molecule has 0 spiro atoms. The molecule has 2 nitrogen and oxygen atoms in total. The summed E-state index contributed by atoms with van der Waals surface area (Å²) >= 11 is 0. The van der Waals surface area contributed by atoms with Crippen LogP contribution in [0.5, 0.6) is 0 Å². The Morgan fingerprint density at radius 1 is 1.33 bits per heavy atom. The van der Waals surface area contributed by atoms with Crippen molar-refractivity contribution in [1.29, 1.82) is 0 Å². The second-order valence-electron chi connectivity index (χ2n) is 4.66. The van der Waals surface area contributed by atoms with Crippen LogP contribution in [0.4, 0.5) is 8.78 Å². The highest BCUT2D eigenvalue weighted by atomic mass is 19.1. The van der Waals surface area contributed by atoms with Crippen LogP contribution in [0.15, 0.2) is 12.4 Å². The molecule has 0 saturated heterocycles. The van der Waals surface area contributed by atoms with Crippen molar-refractivity contribution in [3.63, 3.8) is 0 Å². The third-order valence-corrected chi connectivity index (χ3v) is 3.51. The Morgan fingerprint density at radius 2 is 1.87 bits per heavy atom. The van der Waals surface area contributed by atoms with Crippen LogP contribution in [0.2, 0.25) is 0 Å². The maximum absolute atomic E-state index is 13.5. The van der Waals surface area contributed by atoms with Crippen molar-refractivity contribution < 1.29 is 8.78 Å². The van der Waals surface area contributed by atoms with Crippen molar-refractivity contribution in [3.8, 4) is 0 Å². The topological polar surface area (TPSA) is 38.9 Å². The average molecular weight is 212 g/mol.